The van der Waals surface area contributed by atoms with E-state index in [2.05, 4.69) is 19.6 Å². The highest BCUT2D eigenvalue weighted by Gasteiger charge is 2.37. The largest absolute Gasteiger partial charge is 0.416 e. The second-order valence-corrected chi connectivity index (χ2v) is 9.96. The van der Waals surface area contributed by atoms with Crippen LogP contribution in [0, 0.1) is 0 Å². The maximum Gasteiger partial charge on any atom is 0.416 e. The summed E-state index contributed by atoms with van der Waals surface area (Å²) in [5, 5.41) is 6.76. The summed E-state index contributed by atoms with van der Waals surface area (Å²) >= 11 is 0. The molecule has 0 fully saturated rings. The number of nitrogens with one attached hydrogen (secondary N) is 1. The zero-order valence-electron chi connectivity index (χ0n) is 21.5. The third-order valence-corrected chi connectivity index (χ3v) is 6.12. The number of nitrogens with two attached hydrogens (primary N) is 1. The standard InChI is InChI=1S/C22H21F3N6O5S.C2H6/c1-12-10-30(14-5-6-16(22(23,24)25)13(8-14)11-36-37(2,34)35)21(33)18-17(9-28-31(12)18)29-20(32)15-4-3-7-27-19(15)26;1-2/h3-9,12H,10-11H2,1-2H3,(H2,26,27)(H,29,32);1-2H3/t12-;/m0./s1. The number of anilines is 3. The zero-order valence-corrected chi connectivity index (χ0v) is 22.3. The second-order valence-electron chi connectivity index (χ2n) is 8.31. The molecular formula is C24H27F3N6O5S. The van der Waals surface area contributed by atoms with Crippen LogP contribution in [0.1, 0.15) is 58.8 Å². The molecule has 0 radical (unpaired) electrons. The van der Waals surface area contributed by atoms with Crippen molar-refractivity contribution >= 4 is 39.1 Å². The van der Waals surface area contributed by atoms with Gasteiger partial charge in [0.2, 0.25) is 0 Å². The second kappa shape index (κ2) is 11.4. The number of carbonyl (C=O) groups is 2. The van der Waals surface area contributed by atoms with Gasteiger partial charge in [-0.05, 0) is 42.8 Å². The zero-order chi connectivity index (χ0) is 29.1. The van der Waals surface area contributed by atoms with Crippen molar-refractivity contribution < 1.29 is 35.4 Å². The first kappa shape index (κ1) is 29.6. The van der Waals surface area contributed by atoms with Gasteiger partial charge >= 0.3 is 6.18 Å². The summed E-state index contributed by atoms with van der Waals surface area (Å²) < 4.78 is 69.3. The molecular weight excluding hydrogens is 541 g/mol. The molecule has 15 heteroatoms. The number of rotatable bonds is 6. The number of fused-ring (bicyclic) bond motifs is 1. The van der Waals surface area contributed by atoms with Crippen molar-refractivity contribution in [1.82, 2.24) is 14.8 Å². The highest BCUT2D eigenvalue weighted by atomic mass is 32.2. The summed E-state index contributed by atoms with van der Waals surface area (Å²) in [5.41, 5.74) is 4.43. The minimum Gasteiger partial charge on any atom is -0.383 e. The molecule has 0 saturated carbocycles. The van der Waals surface area contributed by atoms with Gasteiger partial charge in [-0.2, -0.15) is 26.7 Å². The van der Waals surface area contributed by atoms with E-state index in [9.17, 15) is 31.2 Å². The van der Waals surface area contributed by atoms with Crippen molar-refractivity contribution in [2.24, 2.45) is 0 Å². The number of carbonyl (C=O) groups excluding carboxylic acids is 2. The molecule has 2 amide bonds. The molecule has 2 aromatic heterocycles. The highest BCUT2D eigenvalue weighted by Crippen LogP contribution is 2.36. The lowest BCUT2D eigenvalue weighted by Gasteiger charge is -2.32. The monoisotopic (exact) mass is 568 g/mol. The Kier molecular flexibility index (Phi) is 8.65. The van der Waals surface area contributed by atoms with Crippen LogP contribution in [0.25, 0.3) is 0 Å². The number of alkyl halides is 3. The first-order chi connectivity index (χ1) is 18.3. The third kappa shape index (κ3) is 6.54. The van der Waals surface area contributed by atoms with Gasteiger partial charge in [0.15, 0.2) is 5.69 Å². The fourth-order valence-electron chi connectivity index (χ4n) is 3.89. The number of hydrogen-bond acceptors (Lipinski definition) is 8. The molecule has 0 unspecified atom stereocenters. The van der Waals surface area contributed by atoms with E-state index in [0.717, 1.165) is 24.5 Å². The van der Waals surface area contributed by atoms with Gasteiger partial charge in [0, 0.05) is 18.4 Å². The third-order valence-electron chi connectivity index (χ3n) is 5.57. The SMILES string of the molecule is CC.C[C@H]1CN(c2ccc(C(F)(F)F)c(COS(C)(=O)=O)c2)C(=O)c2c(NC(=O)c3cccnc3N)cnn21. The van der Waals surface area contributed by atoms with E-state index in [1.807, 2.05) is 13.8 Å². The van der Waals surface area contributed by atoms with E-state index in [0.29, 0.717) is 0 Å². The van der Waals surface area contributed by atoms with Gasteiger partial charge in [-0.25, -0.2) is 4.98 Å². The van der Waals surface area contributed by atoms with Gasteiger partial charge in [-0.1, -0.05) is 13.8 Å². The average Bonchev–Trinajstić information content (AvgIpc) is 3.29. The van der Waals surface area contributed by atoms with Gasteiger partial charge < -0.3 is 16.0 Å². The van der Waals surface area contributed by atoms with Crippen molar-refractivity contribution in [3.05, 3.63) is 65.1 Å². The van der Waals surface area contributed by atoms with Crippen LogP contribution >= 0.6 is 0 Å². The summed E-state index contributed by atoms with van der Waals surface area (Å²) in [6, 6.07) is 5.47. The van der Waals surface area contributed by atoms with E-state index >= 15 is 0 Å². The number of hydrogen-bond donors (Lipinski definition) is 2. The number of halogens is 3. The van der Waals surface area contributed by atoms with Crippen LogP contribution in [0.5, 0.6) is 0 Å². The van der Waals surface area contributed by atoms with E-state index in [1.54, 1.807) is 6.92 Å². The Morgan fingerprint density at radius 1 is 1.26 bits per heavy atom. The normalized spacial score (nSPS) is 15.3. The molecule has 1 aliphatic heterocycles. The first-order valence-electron chi connectivity index (χ1n) is 11.7. The smallest absolute Gasteiger partial charge is 0.383 e. The van der Waals surface area contributed by atoms with Crippen LogP contribution in [0.2, 0.25) is 0 Å². The molecule has 3 N–H and O–H groups in total. The molecule has 39 heavy (non-hydrogen) atoms. The minimum absolute atomic E-state index is 0.00314. The lowest BCUT2D eigenvalue weighted by atomic mass is 10.0. The summed E-state index contributed by atoms with van der Waals surface area (Å²) in [6.07, 6.45) is -1.36. The van der Waals surface area contributed by atoms with Crippen LogP contribution in [-0.4, -0.2) is 47.8 Å². The van der Waals surface area contributed by atoms with Crippen LogP contribution in [0.4, 0.5) is 30.4 Å². The van der Waals surface area contributed by atoms with Crippen molar-refractivity contribution in [3.63, 3.8) is 0 Å². The van der Waals surface area contributed by atoms with Crippen LogP contribution in [0.3, 0.4) is 0 Å². The lowest BCUT2D eigenvalue weighted by molar-refractivity contribution is -0.138. The van der Waals surface area contributed by atoms with E-state index in [1.165, 1.54) is 34.1 Å². The number of nitrogens with zero attached hydrogens (tertiary/aromatic N) is 4. The molecule has 0 saturated heterocycles. The van der Waals surface area contributed by atoms with Gasteiger partial charge in [0.1, 0.15) is 5.82 Å². The highest BCUT2D eigenvalue weighted by molar-refractivity contribution is 7.85. The van der Waals surface area contributed by atoms with Gasteiger partial charge in [-0.3, -0.25) is 18.5 Å². The number of pyridine rings is 1. The number of benzene rings is 1. The summed E-state index contributed by atoms with van der Waals surface area (Å²) in [7, 11) is -4.03. The van der Waals surface area contributed by atoms with E-state index in [4.69, 9.17) is 5.73 Å². The number of aromatic nitrogens is 3. The van der Waals surface area contributed by atoms with Crippen molar-refractivity contribution in [2.75, 3.05) is 28.8 Å². The molecule has 0 spiro atoms. The molecule has 11 nitrogen and oxygen atoms in total. The molecule has 3 heterocycles. The Morgan fingerprint density at radius 2 is 1.95 bits per heavy atom. The Bertz CT molecular complexity index is 1490. The Labute approximate surface area is 222 Å². The van der Waals surface area contributed by atoms with Crippen LogP contribution < -0.4 is 16.0 Å². The van der Waals surface area contributed by atoms with Gasteiger partial charge in [0.05, 0.1) is 41.9 Å². The predicted octanol–water partition coefficient (Wildman–Crippen LogP) is 3.86. The van der Waals surface area contributed by atoms with Crippen LogP contribution in [0.15, 0.2) is 42.7 Å². The predicted molar refractivity (Wildman–Crippen MR) is 138 cm³/mol. The maximum absolute atomic E-state index is 13.5. The maximum atomic E-state index is 13.5. The van der Waals surface area contributed by atoms with Crippen LogP contribution in [-0.2, 0) is 27.1 Å². The van der Waals surface area contributed by atoms with Crippen molar-refractivity contribution in [1.29, 1.82) is 0 Å². The van der Waals surface area contributed by atoms with Crippen molar-refractivity contribution in [2.45, 2.75) is 39.6 Å². The summed E-state index contributed by atoms with van der Waals surface area (Å²) in [6.45, 7) is 4.91. The molecule has 0 aliphatic carbocycles. The molecule has 4 rings (SSSR count). The fourth-order valence-corrected chi connectivity index (χ4v) is 4.23. The Balaban J connectivity index is 0.00000205. The molecule has 1 aliphatic rings. The van der Waals surface area contributed by atoms with E-state index in [-0.39, 0.29) is 35.0 Å². The topological polar surface area (TPSA) is 150 Å². The fraction of sp³-hybridized carbons (Fsp3) is 0.333. The Morgan fingerprint density at radius 3 is 2.56 bits per heavy atom. The molecule has 3 aromatic rings. The quantitative estimate of drug-likeness (QED) is 0.426. The molecule has 0 bridgehead atoms. The Hall–Kier alpha value is -3.98. The minimum atomic E-state index is -4.78. The van der Waals surface area contributed by atoms with E-state index < -0.39 is 51.9 Å². The first-order valence-corrected chi connectivity index (χ1v) is 13.5. The lowest BCUT2D eigenvalue weighted by Crippen LogP contribution is -2.43. The summed E-state index contributed by atoms with van der Waals surface area (Å²) in [4.78, 5) is 31.3. The van der Waals surface area contributed by atoms with Crippen molar-refractivity contribution in [3.8, 4) is 0 Å². The average molecular weight is 569 g/mol. The molecule has 1 atom stereocenters. The number of nitrogen functional groups attached to an aromatic ring is 1. The number of amides is 2. The van der Waals surface area contributed by atoms with Gasteiger partial charge in [0.25, 0.3) is 21.9 Å². The van der Waals surface area contributed by atoms with Gasteiger partial charge in [-0.15, -0.1) is 0 Å². The molecule has 1 aromatic carbocycles. The summed E-state index contributed by atoms with van der Waals surface area (Å²) in [5.74, 6) is -1.29. The molecule has 210 valence electrons.